The van der Waals surface area contributed by atoms with Crippen LogP contribution in [-0.4, -0.2) is 19.7 Å². The Hall–Kier alpha value is -1.16. The molecule has 1 saturated heterocycles. The van der Waals surface area contributed by atoms with Crippen LogP contribution in [0.25, 0.3) is 0 Å². The zero-order valence-electron chi connectivity index (χ0n) is 8.25. The minimum atomic E-state index is -2.75. The summed E-state index contributed by atoms with van der Waals surface area (Å²) in [6.07, 6.45) is 1.05. The second-order valence-corrected chi connectivity index (χ2v) is 3.64. The summed E-state index contributed by atoms with van der Waals surface area (Å²) in [5, 5.41) is 3.24. The molecule has 2 rings (SSSR count). The van der Waals surface area contributed by atoms with E-state index in [2.05, 4.69) is 10.1 Å². The van der Waals surface area contributed by atoms with Crippen LogP contribution in [0.2, 0.25) is 0 Å². The van der Waals surface area contributed by atoms with Crippen molar-refractivity contribution in [3.8, 4) is 5.75 Å². The summed E-state index contributed by atoms with van der Waals surface area (Å²) in [4.78, 5) is 0. The molecule has 4 heteroatoms. The second kappa shape index (κ2) is 4.57. The molecule has 1 aromatic rings. The highest BCUT2D eigenvalue weighted by molar-refractivity contribution is 5.31. The highest BCUT2D eigenvalue weighted by Crippen LogP contribution is 2.26. The Morgan fingerprint density at radius 1 is 1.40 bits per heavy atom. The normalized spacial score (nSPS) is 20.9. The molecular formula is C11H13F2NO. The molecule has 0 aromatic heterocycles. The first-order valence-electron chi connectivity index (χ1n) is 5.01. The first-order valence-corrected chi connectivity index (χ1v) is 5.01. The van der Waals surface area contributed by atoms with Gasteiger partial charge in [0.25, 0.3) is 0 Å². The monoisotopic (exact) mass is 213 g/mol. The fourth-order valence-electron chi connectivity index (χ4n) is 1.88. The van der Waals surface area contributed by atoms with Crippen LogP contribution < -0.4 is 10.1 Å². The highest BCUT2D eigenvalue weighted by Gasteiger charge is 2.17. The molecule has 2 nitrogen and oxygen atoms in total. The average molecular weight is 213 g/mol. The fourth-order valence-corrected chi connectivity index (χ4v) is 1.88. The summed E-state index contributed by atoms with van der Waals surface area (Å²) in [5.74, 6) is 0.667. The van der Waals surface area contributed by atoms with Crippen LogP contribution in [0.15, 0.2) is 24.3 Å². The van der Waals surface area contributed by atoms with E-state index in [4.69, 9.17) is 0 Å². The number of halogens is 2. The van der Waals surface area contributed by atoms with Gasteiger partial charge in [-0.3, -0.25) is 0 Å². The molecule has 15 heavy (non-hydrogen) atoms. The van der Waals surface area contributed by atoms with Gasteiger partial charge in [-0.25, -0.2) is 0 Å². The Kier molecular flexibility index (Phi) is 3.16. The third kappa shape index (κ3) is 2.65. The Morgan fingerprint density at radius 2 is 2.27 bits per heavy atom. The number of hydrogen-bond acceptors (Lipinski definition) is 2. The summed E-state index contributed by atoms with van der Waals surface area (Å²) in [7, 11) is 0. The van der Waals surface area contributed by atoms with Crippen LogP contribution >= 0.6 is 0 Å². The van der Waals surface area contributed by atoms with Gasteiger partial charge in [-0.1, -0.05) is 12.1 Å². The molecular weight excluding hydrogens is 200 g/mol. The minimum absolute atomic E-state index is 0.245. The van der Waals surface area contributed by atoms with Gasteiger partial charge in [-0.2, -0.15) is 8.78 Å². The van der Waals surface area contributed by atoms with Crippen molar-refractivity contribution in [2.75, 3.05) is 13.1 Å². The molecule has 1 aliphatic heterocycles. The van der Waals surface area contributed by atoms with Gasteiger partial charge in [0.2, 0.25) is 0 Å². The van der Waals surface area contributed by atoms with Crippen LogP contribution in [0.3, 0.4) is 0 Å². The third-order valence-electron chi connectivity index (χ3n) is 2.61. The van der Waals surface area contributed by atoms with Crippen molar-refractivity contribution in [2.24, 2.45) is 0 Å². The van der Waals surface area contributed by atoms with E-state index in [9.17, 15) is 8.78 Å². The summed E-state index contributed by atoms with van der Waals surface area (Å²) in [5.41, 5.74) is 1.07. The van der Waals surface area contributed by atoms with Gasteiger partial charge in [-0.15, -0.1) is 0 Å². The molecule has 1 fully saturated rings. The van der Waals surface area contributed by atoms with Crippen molar-refractivity contribution in [3.05, 3.63) is 29.8 Å². The Labute approximate surface area is 87.2 Å². The quantitative estimate of drug-likeness (QED) is 0.832. The lowest BCUT2D eigenvalue weighted by molar-refractivity contribution is -0.0498. The topological polar surface area (TPSA) is 21.3 Å². The number of ether oxygens (including phenoxy) is 1. The molecule has 0 bridgehead atoms. The van der Waals surface area contributed by atoms with E-state index in [1.165, 1.54) is 0 Å². The zero-order chi connectivity index (χ0) is 10.7. The van der Waals surface area contributed by atoms with Gasteiger partial charge >= 0.3 is 6.61 Å². The summed E-state index contributed by atoms with van der Waals surface area (Å²) in [6, 6.07) is 6.96. The molecule has 1 unspecified atom stereocenters. The first kappa shape index (κ1) is 10.4. The fraction of sp³-hybridized carbons (Fsp3) is 0.455. The molecule has 0 spiro atoms. The number of hydrogen-bond donors (Lipinski definition) is 1. The molecule has 1 N–H and O–H groups in total. The van der Waals surface area contributed by atoms with Gasteiger partial charge in [-0.05, 0) is 36.6 Å². The lowest BCUT2D eigenvalue weighted by Crippen LogP contribution is -2.08. The Balaban J connectivity index is 2.11. The van der Waals surface area contributed by atoms with E-state index < -0.39 is 6.61 Å². The van der Waals surface area contributed by atoms with Crippen molar-refractivity contribution in [1.29, 1.82) is 0 Å². The van der Waals surface area contributed by atoms with E-state index in [1.54, 1.807) is 18.2 Å². The van der Waals surface area contributed by atoms with Crippen LogP contribution in [0.1, 0.15) is 17.9 Å². The highest BCUT2D eigenvalue weighted by atomic mass is 19.3. The Bertz CT molecular complexity index is 324. The second-order valence-electron chi connectivity index (χ2n) is 3.64. The van der Waals surface area contributed by atoms with Gasteiger partial charge < -0.3 is 10.1 Å². The lowest BCUT2D eigenvalue weighted by atomic mass is 9.98. The maximum Gasteiger partial charge on any atom is 0.387 e. The standard InChI is InChI=1S/C11H13F2NO/c12-11(13)15-10-3-1-2-8(6-10)9-4-5-14-7-9/h1-3,6,9,11,14H,4-5,7H2. The molecule has 1 heterocycles. The third-order valence-corrected chi connectivity index (χ3v) is 2.61. The van der Waals surface area contributed by atoms with Gasteiger partial charge in [0.15, 0.2) is 0 Å². The summed E-state index contributed by atoms with van der Waals surface area (Å²) < 4.78 is 28.4. The van der Waals surface area contributed by atoms with Crippen LogP contribution in [0.5, 0.6) is 5.75 Å². The van der Waals surface area contributed by atoms with Crippen LogP contribution in [0.4, 0.5) is 8.78 Å². The Morgan fingerprint density at radius 3 is 2.93 bits per heavy atom. The van der Waals surface area contributed by atoms with Gasteiger partial charge in [0.1, 0.15) is 5.75 Å². The van der Waals surface area contributed by atoms with E-state index in [0.29, 0.717) is 5.92 Å². The van der Waals surface area contributed by atoms with E-state index >= 15 is 0 Å². The predicted molar refractivity (Wildman–Crippen MR) is 53.3 cm³/mol. The molecule has 0 aliphatic carbocycles. The van der Waals surface area contributed by atoms with Crippen LogP contribution in [0, 0.1) is 0 Å². The van der Waals surface area contributed by atoms with Crippen molar-refractivity contribution in [3.63, 3.8) is 0 Å². The number of benzene rings is 1. The van der Waals surface area contributed by atoms with E-state index in [0.717, 1.165) is 25.1 Å². The van der Waals surface area contributed by atoms with Gasteiger partial charge in [0, 0.05) is 6.54 Å². The molecule has 0 radical (unpaired) electrons. The first-order chi connectivity index (χ1) is 7.25. The molecule has 0 saturated carbocycles. The zero-order valence-corrected chi connectivity index (χ0v) is 8.25. The van der Waals surface area contributed by atoms with Crippen molar-refractivity contribution >= 4 is 0 Å². The number of alkyl halides is 2. The van der Waals surface area contributed by atoms with Crippen molar-refractivity contribution < 1.29 is 13.5 Å². The van der Waals surface area contributed by atoms with Crippen molar-refractivity contribution in [2.45, 2.75) is 19.0 Å². The van der Waals surface area contributed by atoms with E-state index in [1.807, 2.05) is 6.07 Å². The molecule has 0 amide bonds. The number of rotatable bonds is 3. The molecule has 82 valence electrons. The molecule has 1 atom stereocenters. The summed E-state index contributed by atoms with van der Waals surface area (Å²) in [6.45, 7) is -0.843. The largest absolute Gasteiger partial charge is 0.435 e. The van der Waals surface area contributed by atoms with Crippen LogP contribution in [-0.2, 0) is 0 Å². The van der Waals surface area contributed by atoms with Crippen molar-refractivity contribution in [1.82, 2.24) is 5.32 Å². The number of nitrogens with one attached hydrogen (secondary N) is 1. The van der Waals surface area contributed by atoms with Gasteiger partial charge in [0.05, 0.1) is 0 Å². The SMILES string of the molecule is FC(F)Oc1cccc(C2CCNC2)c1. The maximum atomic E-state index is 12.0. The maximum absolute atomic E-state index is 12.0. The lowest BCUT2D eigenvalue weighted by Gasteiger charge is -2.11. The average Bonchev–Trinajstić information content (AvgIpc) is 2.69. The van der Waals surface area contributed by atoms with E-state index in [-0.39, 0.29) is 5.75 Å². The summed E-state index contributed by atoms with van der Waals surface area (Å²) >= 11 is 0. The predicted octanol–water partition coefficient (Wildman–Crippen LogP) is 2.36. The molecule has 1 aromatic carbocycles. The molecule has 1 aliphatic rings. The minimum Gasteiger partial charge on any atom is -0.435 e. The smallest absolute Gasteiger partial charge is 0.387 e.